The number of rotatable bonds is 4. The van der Waals surface area contributed by atoms with Crippen LogP contribution in [0.1, 0.15) is 30.8 Å². The fraction of sp³-hybridized carbons (Fsp3) is 0.467. The Hall–Kier alpha value is -1.33. The lowest BCUT2D eigenvalue weighted by molar-refractivity contribution is 0.424. The number of nitrogens with one attached hydrogen (secondary N) is 1. The predicted molar refractivity (Wildman–Crippen MR) is 81.6 cm³/mol. The zero-order chi connectivity index (χ0) is 13.9. The molecule has 0 atom stereocenters. The Labute approximate surface area is 123 Å². The Morgan fingerprint density at radius 2 is 2.30 bits per heavy atom. The molecule has 0 saturated heterocycles. The largest absolute Gasteiger partial charge is 0.334 e. The Morgan fingerprint density at radius 1 is 1.40 bits per heavy atom. The lowest BCUT2D eigenvalue weighted by Crippen LogP contribution is -2.24. The minimum Gasteiger partial charge on any atom is -0.334 e. The Bertz CT molecular complexity index is 595. The average molecular weight is 289 g/mol. The number of fused-ring (bicyclic) bond motifs is 1. The van der Waals surface area contributed by atoms with Crippen LogP contribution in [0.4, 0.5) is 0 Å². The van der Waals surface area contributed by atoms with E-state index in [9.17, 15) is 0 Å². The summed E-state index contributed by atoms with van der Waals surface area (Å²) in [6, 6.07) is 6.31. The van der Waals surface area contributed by atoms with Crippen LogP contribution < -0.4 is 5.32 Å². The van der Waals surface area contributed by atoms with Crippen LogP contribution in [0.25, 0.3) is 11.5 Å². The summed E-state index contributed by atoms with van der Waals surface area (Å²) in [5.74, 6) is 2.24. The third-order valence-corrected chi connectivity index (χ3v) is 4.48. The molecule has 5 heteroatoms. The second kappa shape index (κ2) is 5.97. The maximum Gasteiger partial charge on any atom is 0.258 e. The van der Waals surface area contributed by atoms with Crippen molar-refractivity contribution in [2.45, 2.75) is 37.8 Å². The van der Waals surface area contributed by atoms with Crippen molar-refractivity contribution in [1.29, 1.82) is 0 Å². The third-order valence-electron chi connectivity index (χ3n) is 3.38. The summed E-state index contributed by atoms with van der Waals surface area (Å²) >= 11 is 1.83. The van der Waals surface area contributed by atoms with E-state index < -0.39 is 0 Å². The molecule has 1 N–H and O–H groups in total. The summed E-state index contributed by atoms with van der Waals surface area (Å²) in [5.41, 5.74) is 3.78. The van der Waals surface area contributed by atoms with E-state index in [1.165, 1.54) is 11.1 Å². The van der Waals surface area contributed by atoms with Crippen LogP contribution >= 0.6 is 11.8 Å². The first-order valence-electron chi connectivity index (χ1n) is 7.00. The second-order valence-electron chi connectivity index (χ2n) is 5.25. The Balaban J connectivity index is 1.86. The monoisotopic (exact) mass is 289 g/mol. The summed E-state index contributed by atoms with van der Waals surface area (Å²) in [5, 5.41) is 8.05. The fourth-order valence-corrected chi connectivity index (χ4v) is 3.00. The lowest BCUT2D eigenvalue weighted by Gasteiger charge is -2.18. The number of aromatic nitrogens is 2. The topological polar surface area (TPSA) is 51.0 Å². The molecule has 1 aromatic heterocycles. The molecule has 0 fully saturated rings. The van der Waals surface area contributed by atoms with E-state index >= 15 is 0 Å². The first-order chi connectivity index (χ1) is 9.74. The maximum absolute atomic E-state index is 5.45. The van der Waals surface area contributed by atoms with E-state index in [0.29, 0.717) is 11.1 Å². The second-order valence-corrected chi connectivity index (χ2v) is 6.81. The van der Waals surface area contributed by atoms with Crippen molar-refractivity contribution in [2.24, 2.45) is 0 Å². The first-order valence-corrected chi connectivity index (χ1v) is 8.05. The van der Waals surface area contributed by atoms with Crippen LogP contribution in [-0.4, -0.2) is 21.9 Å². The molecule has 3 rings (SSSR count). The zero-order valence-corrected chi connectivity index (χ0v) is 12.7. The summed E-state index contributed by atoms with van der Waals surface area (Å²) in [6.45, 7) is 6.28. The van der Waals surface area contributed by atoms with E-state index in [0.717, 1.165) is 36.7 Å². The molecule has 0 unspecified atom stereocenters. The van der Waals surface area contributed by atoms with Gasteiger partial charge in [0.1, 0.15) is 0 Å². The molecule has 106 valence electrons. The summed E-state index contributed by atoms with van der Waals surface area (Å²) in [6.07, 6.45) is 1.02. The van der Waals surface area contributed by atoms with Crippen LogP contribution in [-0.2, 0) is 18.7 Å². The molecule has 2 aromatic rings. The molecule has 2 heterocycles. The van der Waals surface area contributed by atoms with Gasteiger partial charge in [0.15, 0.2) is 5.82 Å². The third kappa shape index (κ3) is 2.88. The predicted octanol–water partition coefficient (Wildman–Crippen LogP) is 3.02. The van der Waals surface area contributed by atoms with Crippen molar-refractivity contribution in [3.8, 4) is 11.5 Å². The van der Waals surface area contributed by atoms with Gasteiger partial charge in [0.05, 0.1) is 5.75 Å². The first kappa shape index (κ1) is 13.6. The van der Waals surface area contributed by atoms with Crippen molar-refractivity contribution >= 4 is 11.8 Å². The van der Waals surface area contributed by atoms with Gasteiger partial charge in [-0.2, -0.15) is 16.7 Å². The van der Waals surface area contributed by atoms with Crippen molar-refractivity contribution in [3.63, 3.8) is 0 Å². The van der Waals surface area contributed by atoms with Crippen molar-refractivity contribution < 1.29 is 4.52 Å². The standard InChI is InChI=1S/C15H19N3OS/c1-10(2)20-9-14-17-15(19-18-14)13-5-3-4-11-8-16-7-6-12(11)13/h3-5,10,16H,6-9H2,1-2H3. The van der Waals surface area contributed by atoms with E-state index in [1.807, 2.05) is 11.8 Å². The summed E-state index contributed by atoms with van der Waals surface area (Å²) in [4.78, 5) is 4.54. The summed E-state index contributed by atoms with van der Waals surface area (Å²) < 4.78 is 5.45. The van der Waals surface area contributed by atoms with Crippen LogP contribution in [0, 0.1) is 0 Å². The van der Waals surface area contributed by atoms with Gasteiger partial charge in [0, 0.05) is 12.1 Å². The average Bonchev–Trinajstić information content (AvgIpc) is 2.93. The number of hydrogen-bond acceptors (Lipinski definition) is 5. The van der Waals surface area contributed by atoms with Gasteiger partial charge in [0.2, 0.25) is 0 Å². The quantitative estimate of drug-likeness (QED) is 0.937. The number of nitrogens with zero attached hydrogens (tertiary/aromatic N) is 2. The molecular formula is C15H19N3OS. The van der Waals surface area contributed by atoms with Crippen LogP contribution in [0.3, 0.4) is 0 Å². The highest BCUT2D eigenvalue weighted by molar-refractivity contribution is 7.99. The fourth-order valence-electron chi connectivity index (χ4n) is 2.40. The minimum atomic E-state index is 0.576. The van der Waals surface area contributed by atoms with Gasteiger partial charge in [-0.1, -0.05) is 31.1 Å². The van der Waals surface area contributed by atoms with Crippen molar-refractivity contribution in [1.82, 2.24) is 15.5 Å². The molecule has 1 aromatic carbocycles. The van der Waals surface area contributed by atoms with E-state index in [-0.39, 0.29) is 0 Å². The molecule has 0 spiro atoms. The number of hydrogen-bond donors (Lipinski definition) is 1. The number of benzene rings is 1. The normalized spacial score (nSPS) is 14.6. The molecule has 0 aliphatic carbocycles. The molecule has 4 nitrogen and oxygen atoms in total. The van der Waals surface area contributed by atoms with Gasteiger partial charge in [-0.3, -0.25) is 0 Å². The van der Waals surface area contributed by atoms with Gasteiger partial charge < -0.3 is 9.84 Å². The maximum atomic E-state index is 5.45. The van der Waals surface area contributed by atoms with Crippen LogP contribution in [0.15, 0.2) is 22.7 Å². The van der Waals surface area contributed by atoms with E-state index in [4.69, 9.17) is 4.52 Å². The number of thioether (sulfide) groups is 1. The molecule has 0 radical (unpaired) electrons. The molecule has 0 bridgehead atoms. The highest BCUT2D eigenvalue weighted by Crippen LogP contribution is 2.28. The van der Waals surface area contributed by atoms with Crippen molar-refractivity contribution in [2.75, 3.05) is 6.54 Å². The molecule has 1 aliphatic heterocycles. The van der Waals surface area contributed by atoms with Crippen LogP contribution in [0.2, 0.25) is 0 Å². The van der Waals surface area contributed by atoms with Gasteiger partial charge in [-0.25, -0.2) is 0 Å². The van der Waals surface area contributed by atoms with Gasteiger partial charge in [-0.05, 0) is 35.4 Å². The highest BCUT2D eigenvalue weighted by Gasteiger charge is 2.17. The minimum absolute atomic E-state index is 0.576. The molecule has 20 heavy (non-hydrogen) atoms. The van der Waals surface area contributed by atoms with Gasteiger partial charge >= 0.3 is 0 Å². The molecular weight excluding hydrogens is 270 g/mol. The van der Waals surface area contributed by atoms with Crippen molar-refractivity contribution in [3.05, 3.63) is 35.2 Å². The molecule has 0 amide bonds. The van der Waals surface area contributed by atoms with Gasteiger partial charge in [0.25, 0.3) is 5.89 Å². The highest BCUT2D eigenvalue weighted by atomic mass is 32.2. The lowest BCUT2D eigenvalue weighted by atomic mass is 9.95. The molecule has 0 saturated carbocycles. The molecule has 1 aliphatic rings. The smallest absolute Gasteiger partial charge is 0.258 e. The Kier molecular flexibility index (Phi) is 4.08. The van der Waals surface area contributed by atoms with Gasteiger partial charge in [-0.15, -0.1) is 0 Å². The SMILES string of the molecule is CC(C)SCc1noc(-c2cccc3c2CCNC3)n1. The van der Waals surface area contributed by atoms with Crippen LogP contribution in [0.5, 0.6) is 0 Å². The van der Waals surface area contributed by atoms with E-state index in [1.54, 1.807) is 0 Å². The van der Waals surface area contributed by atoms with E-state index in [2.05, 4.69) is 47.5 Å². The summed E-state index contributed by atoms with van der Waals surface area (Å²) in [7, 11) is 0. The Morgan fingerprint density at radius 3 is 3.15 bits per heavy atom. The zero-order valence-electron chi connectivity index (χ0n) is 11.8.